The van der Waals surface area contributed by atoms with Crippen molar-refractivity contribution in [1.82, 2.24) is 10.3 Å². The molecule has 1 aliphatic rings. The van der Waals surface area contributed by atoms with Gasteiger partial charge in [-0.15, -0.1) is 0 Å². The number of alkyl carbamates (subject to hydrolysis) is 1. The number of pyridine rings is 1. The fourth-order valence-corrected chi connectivity index (χ4v) is 4.27. The summed E-state index contributed by atoms with van der Waals surface area (Å²) >= 11 is 0. The Morgan fingerprint density at radius 2 is 1.66 bits per heavy atom. The number of H-pyrrole nitrogens is 1. The Labute approximate surface area is 185 Å². The van der Waals surface area contributed by atoms with Gasteiger partial charge in [-0.3, -0.25) is 4.79 Å². The standard InChI is InChI=1S/C27H22N2O3/c30-26-15-20-14-18(11-12-19(20)16-29-26)6-5-13-28-27(31)32-17-25-23-9-3-1-7-21(23)22-8-2-4-10-24(22)25/h1-12,14-16,25H,13,17H2,(H,28,31)(H,29,30). The maximum Gasteiger partial charge on any atom is 0.407 e. The lowest BCUT2D eigenvalue weighted by Crippen LogP contribution is -2.26. The van der Waals surface area contributed by atoms with Crippen LogP contribution in [0.3, 0.4) is 0 Å². The van der Waals surface area contributed by atoms with Crippen LogP contribution in [0.15, 0.2) is 89.9 Å². The molecule has 0 bridgehead atoms. The van der Waals surface area contributed by atoms with Crippen LogP contribution in [0.4, 0.5) is 4.79 Å². The Bertz CT molecular complexity index is 1340. The minimum atomic E-state index is -0.443. The monoisotopic (exact) mass is 422 g/mol. The highest BCUT2D eigenvalue weighted by atomic mass is 16.5. The molecule has 0 saturated heterocycles. The zero-order chi connectivity index (χ0) is 21.9. The quantitative estimate of drug-likeness (QED) is 0.471. The molecule has 5 rings (SSSR count). The van der Waals surface area contributed by atoms with Crippen LogP contribution in [0.2, 0.25) is 0 Å². The number of benzene rings is 3. The van der Waals surface area contributed by atoms with Gasteiger partial charge in [-0.25, -0.2) is 4.79 Å². The van der Waals surface area contributed by atoms with E-state index < -0.39 is 6.09 Å². The molecule has 1 heterocycles. The van der Waals surface area contributed by atoms with Crippen LogP contribution in [0.1, 0.15) is 22.6 Å². The molecule has 0 saturated carbocycles. The topological polar surface area (TPSA) is 71.2 Å². The van der Waals surface area contributed by atoms with Gasteiger partial charge in [0.2, 0.25) is 5.56 Å². The van der Waals surface area contributed by atoms with Gasteiger partial charge in [-0.2, -0.15) is 0 Å². The van der Waals surface area contributed by atoms with E-state index in [-0.39, 0.29) is 11.5 Å². The average molecular weight is 422 g/mol. The molecule has 2 N–H and O–H groups in total. The third-order valence-electron chi connectivity index (χ3n) is 5.79. The summed E-state index contributed by atoms with van der Waals surface area (Å²) in [6, 6.07) is 23.9. The molecule has 5 heteroatoms. The highest BCUT2D eigenvalue weighted by Gasteiger charge is 2.28. The number of aromatic amines is 1. The van der Waals surface area contributed by atoms with Crippen LogP contribution < -0.4 is 10.9 Å². The first-order chi connectivity index (χ1) is 15.7. The van der Waals surface area contributed by atoms with E-state index in [1.54, 1.807) is 12.3 Å². The van der Waals surface area contributed by atoms with Crippen LogP contribution in [-0.2, 0) is 4.74 Å². The smallest absolute Gasteiger partial charge is 0.407 e. The predicted molar refractivity (Wildman–Crippen MR) is 127 cm³/mol. The molecule has 0 radical (unpaired) electrons. The van der Waals surface area contributed by atoms with Crippen molar-refractivity contribution in [1.29, 1.82) is 0 Å². The lowest BCUT2D eigenvalue weighted by molar-refractivity contribution is 0.144. The van der Waals surface area contributed by atoms with Crippen molar-refractivity contribution in [3.63, 3.8) is 0 Å². The van der Waals surface area contributed by atoms with Crippen LogP contribution in [0.5, 0.6) is 0 Å². The van der Waals surface area contributed by atoms with Crippen LogP contribution in [0, 0.1) is 0 Å². The molecule has 0 atom stereocenters. The molecule has 158 valence electrons. The summed E-state index contributed by atoms with van der Waals surface area (Å²) in [6.07, 6.45) is 5.02. The van der Waals surface area contributed by atoms with E-state index in [0.29, 0.717) is 13.2 Å². The van der Waals surface area contributed by atoms with Crippen LogP contribution in [0.25, 0.3) is 28.0 Å². The normalized spacial score (nSPS) is 12.6. The van der Waals surface area contributed by atoms with Gasteiger partial charge in [-0.05, 0) is 44.7 Å². The maximum absolute atomic E-state index is 12.2. The average Bonchev–Trinajstić information content (AvgIpc) is 3.14. The zero-order valence-electron chi connectivity index (χ0n) is 17.4. The fraction of sp³-hybridized carbons (Fsp3) is 0.111. The SMILES string of the molecule is O=C(NCC=Cc1ccc2c[nH]c(=O)cc2c1)OCC1c2ccccc2-c2ccccc21. The highest BCUT2D eigenvalue weighted by Crippen LogP contribution is 2.44. The molecule has 0 spiro atoms. The largest absolute Gasteiger partial charge is 0.449 e. The Morgan fingerprint density at radius 1 is 0.938 bits per heavy atom. The molecule has 1 aromatic heterocycles. The van der Waals surface area contributed by atoms with Gasteiger partial charge in [-0.1, -0.05) is 72.8 Å². The number of rotatable bonds is 5. The first kappa shape index (κ1) is 19.8. The first-order valence-corrected chi connectivity index (χ1v) is 10.6. The number of fused-ring (bicyclic) bond motifs is 4. The summed E-state index contributed by atoms with van der Waals surface area (Å²) in [4.78, 5) is 26.4. The molecule has 0 unspecified atom stereocenters. The summed E-state index contributed by atoms with van der Waals surface area (Å²) in [5.74, 6) is 0.0458. The second-order valence-corrected chi connectivity index (χ2v) is 7.79. The number of amides is 1. The van der Waals surface area contributed by atoms with E-state index in [1.165, 1.54) is 22.3 Å². The highest BCUT2D eigenvalue weighted by molar-refractivity contribution is 5.84. The molecular weight excluding hydrogens is 400 g/mol. The molecule has 0 aliphatic heterocycles. The van der Waals surface area contributed by atoms with Gasteiger partial charge in [0.25, 0.3) is 0 Å². The van der Waals surface area contributed by atoms with Gasteiger partial charge < -0.3 is 15.0 Å². The van der Waals surface area contributed by atoms with E-state index in [1.807, 2.05) is 54.6 Å². The lowest BCUT2D eigenvalue weighted by atomic mass is 9.98. The second kappa shape index (κ2) is 8.55. The van der Waals surface area contributed by atoms with E-state index in [0.717, 1.165) is 16.3 Å². The Balaban J connectivity index is 1.18. The number of hydrogen-bond donors (Lipinski definition) is 2. The van der Waals surface area contributed by atoms with Crippen molar-refractivity contribution in [3.8, 4) is 11.1 Å². The zero-order valence-corrected chi connectivity index (χ0v) is 17.4. The predicted octanol–water partition coefficient (Wildman–Crippen LogP) is 5.08. The van der Waals surface area contributed by atoms with Crippen molar-refractivity contribution in [2.75, 3.05) is 13.2 Å². The third kappa shape index (κ3) is 3.93. The number of aromatic nitrogens is 1. The summed E-state index contributed by atoms with van der Waals surface area (Å²) in [7, 11) is 0. The van der Waals surface area contributed by atoms with Gasteiger partial charge in [0, 0.05) is 24.7 Å². The van der Waals surface area contributed by atoms with Crippen molar-refractivity contribution >= 4 is 22.9 Å². The number of carbonyl (C=O) groups is 1. The Hall–Kier alpha value is -4.12. The molecular formula is C27H22N2O3. The molecule has 1 aliphatic carbocycles. The second-order valence-electron chi connectivity index (χ2n) is 7.79. The van der Waals surface area contributed by atoms with Crippen molar-refractivity contribution in [2.24, 2.45) is 0 Å². The van der Waals surface area contributed by atoms with E-state index in [9.17, 15) is 9.59 Å². The minimum absolute atomic E-state index is 0.0458. The lowest BCUT2D eigenvalue weighted by Gasteiger charge is -2.14. The number of ether oxygens (including phenoxy) is 1. The molecule has 1 amide bonds. The number of hydrogen-bond acceptors (Lipinski definition) is 3. The summed E-state index contributed by atoms with van der Waals surface area (Å²) in [5, 5.41) is 4.61. The molecule has 4 aromatic rings. The number of carbonyl (C=O) groups excluding carboxylic acids is 1. The minimum Gasteiger partial charge on any atom is -0.449 e. The summed E-state index contributed by atoms with van der Waals surface area (Å²) < 4.78 is 5.54. The van der Waals surface area contributed by atoms with Crippen LogP contribution >= 0.6 is 0 Å². The van der Waals surface area contributed by atoms with Gasteiger partial charge in [0.1, 0.15) is 6.61 Å². The number of nitrogens with one attached hydrogen (secondary N) is 2. The van der Waals surface area contributed by atoms with Crippen molar-refractivity contribution < 1.29 is 9.53 Å². The Kier molecular flexibility index (Phi) is 5.30. The first-order valence-electron chi connectivity index (χ1n) is 10.6. The maximum atomic E-state index is 12.2. The molecule has 0 fully saturated rings. The van der Waals surface area contributed by atoms with E-state index in [2.05, 4.69) is 34.6 Å². The molecule has 3 aromatic carbocycles. The Morgan fingerprint density at radius 3 is 2.41 bits per heavy atom. The van der Waals surface area contributed by atoms with Gasteiger partial charge in [0.05, 0.1) is 0 Å². The summed E-state index contributed by atoms with van der Waals surface area (Å²) in [5.41, 5.74) is 5.62. The molecule has 5 nitrogen and oxygen atoms in total. The van der Waals surface area contributed by atoms with Gasteiger partial charge >= 0.3 is 6.09 Å². The summed E-state index contributed by atoms with van der Waals surface area (Å²) in [6.45, 7) is 0.646. The van der Waals surface area contributed by atoms with Crippen molar-refractivity contribution in [3.05, 3.63) is 112 Å². The van der Waals surface area contributed by atoms with E-state index in [4.69, 9.17) is 4.74 Å². The van der Waals surface area contributed by atoms with Gasteiger partial charge in [0.15, 0.2) is 0 Å². The van der Waals surface area contributed by atoms with Crippen LogP contribution in [-0.4, -0.2) is 24.2 Å². The molecule has 32 heavy (non-hydrogen) atoms. The third-order valence-corrected chi connectivity index (χ3v) is 5.79. The fourth-order valence-electron chi connectivity index (χ4n) is 4.27. The van der Waals surface area contributed by atoms with Crippen molar-refractivity contribution in [2.45, 2.75) is 5.92 Å². The van der Waals surface area contributed by atoms with E-state index >= 15 is 0 Å².